The lowest BCUT2D eigenvalue weighted by Crippen LogP contribution is -1.96. The standard InChI is InChI=1S/C14H11F2N3O/c15-9-1-2-11(16)10(6-9)13-14(17)19-4-3-8(7-20)5-12(19)18-13/h1-6,20H,7,17H2. The highest BCUT2D eigenvalue weighted by Crippen LogP contribution is 2.29. The number of nitrogen functional groups attached to an aromatic ring is 1. The second-order valence-electron chi connectivity index (χ2n) is 4.39. The molecule has 6 heteroatoms. The van der Waals surface area contributed by atoms with Crippen LogP contribution in [0.3, 0.4) is 0 Å². The van der Waals surface area contributed by atoms with Gasteiger partial charge >= 0.3 is 0 Å². The summed E-state index contributed by atoms with van der Waals surface area (Å²) < 4.78 is 28.6. The molecule has 3 rings (SSSR count). The Morgan fingerprint density at radius 1 is 1.20 bits per heavy atom. The summed E-state index contributed by atoms with van der Waals surface area (Å²) in [6.45, 7) is -0.132. The summed E-state index contributed by atoms with van der Waals surface area (Å²) >= 11 is 0. The quantitative estimate of drug-likeness (QED) is 0.754. The van der Waals surface area contributed by atoms with E-state index in [1.165, 1.54) is 0 Å². The van der Waals surface area contributed by atoms with Crippen molar-refractivity contribution in [1.29, 1.82) is 0 Å². The van der Waals surface area contributed by atoms with Gasteiger partial charge in [-0.25, -0.2) is 13.8 Å². The van der Waals surface area contributed by atoms with Gasteiger partial charge in [-0.3, -0.25) is 4.40 Å². The molecule has 1 aromatic carbocycles. The third-order valence-corrected chi connectivity index (χ3v) is 3.09. The number of halogens is 2. The van der Waals surface area contributed by atoms with E-state index in [0.29, 0.717) is 11.2 Å². The van der Waals surface area contributed by atoms with Crippen LogP contribution in [0.25, 0.3) is 16.9 Å². The minimum Gasteiger partial charge on any atom is -0.392 e. The Kier molecular flexibility index (Phi) is 2.87. The van der Waals surface area contributed by atoms with Crippen molar-refractivity contribution in [3.8, 4) is 11.3 Å². The summed E-state index contributed by atoms with van der Waals surface area (Å²) in [5.74, 6) is -0.938. The number of rotatable bonds is 2. The Bertz CT molecular complexity index is 798. The maximum atomic E-state index is 13.8. The lowest BCUT2D eigenvalue weighted by Gasteiger charge is -2.01. The van der Waals surface area contributed by atoms with Gasteiger partial charge < -0.3 is 10.8 Å². The predicted octanol–water partition coefficient (Wildman–Crippen LogP) is 2.35. The third kappa shape index (κ3) is 1.90. The number of imidazole rings is 1. The number of hydrogen-bond acceptors (Lipinski definition) is 3. The van der Waals surface area contributed by atoms with Crippen molar-refractivity contribution in [3.05, 3.63) is 53.7 Å². The molecule has 3 N–H and O–H groups in total. The van der Waals surface area contributed by atoms with Crippen LogP contribution in [0.4, 0.5) is 14.6 Å². The highest BCUT2D eigenvalue weighted by Gasteiger charge is 2.15. The molecule has 0 aliphatic heterocycles. The number of nitrogens with zero attached hydrogens (tertiary/aromatic N) is 2. The van der Waals surface area contributed by atoms with Gasteiger partial charge in [-0.15, -0.1) is 0 Å². The largest absolute Gasteiger partial charge is 0.392 e. The predicted molar refractivity (Wildman–Crippen MR) is 70.9 cm³/mol. The number of benzene rings is 1. The van der Waals surface area contributed by atoms with E-state index in [1.807, 2.05) is 0 Å². The number of anilines is 1. The minimum absolute atomic E-state index is 0.0109. The molecule has 0 atom stereocenters. The second kappa shape index (κ2) is 4.57. The van der Waals surface area contributed by atoms with Crippen LogP contribution in [0.1, 0.15) is 5.56 Å². The van der Waals surface area contributed by atoms with Crippen molar-refractivity contribution in [2.24, 2.45) is 0 Å². The van der Waals surface area contributed by atoms with Gasteiger partial charge in [0.1, 0.15) is 28.8 Å². The Balaban J connectivity index is 2.26. The highest BCUT2D eigenvalue weighted by atomic mass is 19.1. The summed E-state index contributed by atoms with van der Waals surface area (Å²) in [6, 6.07) is 6.44. The molecular weight excluding hydrogens is 264 g/mol. The van der Waals surface area contributed by atoms with Crippen LogP contribution in [0.15, 0.2) is 36.5 Å². The van der Waals surface area contributed by atoms with E-state index < -0.39 is 11.6 Å². The molecule has 3 aromatic rings. The van der Waals surface area contributed by atoms with Crippen LogP contribution < -0.4 is 5.73 Å². The Hall–Kier alpha value is -2.47. The zero-order valence-corrected chi connectivity index (χ0v) is 10.3. The number of aliphatic hydroxyl groups excluding tert-OH is 1. The topological polar surface area (TPSA) is 63.5 Å². The second-order valence-corrected chi connectivity index (χ2v) is 4.39. The maximum absolute atomic E-state index is 13.8. The van der Waals surface area contributed by atoms with E-state index >= 15 is 0 Å². The van der Waals surface area contributed by atoms with E-state index in [4.69, 9.17) is 10.8 Å². The van der Waals surface area contributed by atoms with Gasteiger partial charge in [0.25, 0.3) is 0 Å². The first-order chi connectivity index (χ1) is 9.60. The van der Waals surface area contributed by atoms with E-state index in [9.17, 15) is 8.78 Å². The van der Waals surface area contributed by atoms with Crippen LogP contribution in [-0.2, 0) is 6.61 Å². The van der Waals surface area contributed by atoms with Gasteiger partial charge in [0.15, 0.2) is 0 Å². The molecule has 0 fully saturated rings. The van der Waals surface area contributed by atoms with Gasteiger partial charge in [0.2, 0.25) is 0 Å². The number of nitrogens with two attached hydrogens (primary N) is 1. The fraction of sp³-hybridized carbons (Fsp3) is 0.0714. The molecule has 4 nitrogen and oxygen atoms in total. The Morgan fingerprint density at radius 3 is 2.75 bits per heavy atom. The lowest BCUT2D eigenvalue weighted by molar-refractivity contribution is 0.282. The van der Waals surface area contributed by atoms with Crippen LogP contribution in [0.2, 0.25) is 0 Å². The molecule has 0 spiro atoms. The zero-order valence-electron chi connectivity index (χ0n) is 10.3. The lowest BCUT2D eigenvalue weighted by atomic mass is 10.1. The van der Waals surface area contributed by atoms with Crippen LogP contribution in [-0.4, -0.2) is 14.5 Å². The Morgan fingerprint density at radius 2 is 2.00 bits per heavy atom. The van der Waals surface area contributed by atoms with Gasteiger partial charge in [-0.1, -0.05) is 0 Å². The molecule has 2 aromatic heterocycles. The number of aromatic nitrogens is 2. The number of aliphatic hydroxyl groups is 1. The molecular formula is C14H11F2N3O. The fourth-order valence-corrected chi connectivity index (χ4v) is 2.08. The van der Waals surface area contributed by atoms with Crippen molar-refractivity contribution in [2.45, 2.75) is 6.61 Å². The average Bonchev–Trinajstić information content (AvgIpc) is 2.78. The average molecular weight is 275 g/mol. The van der Waals surface area contributed by atoms with Crippen molar-refractivity contribution in [1.82, 2.24) is 9.38 Å². The number of hydrogen-bond donors (Lipinski definition) is 2. The van der Waals surface area contributed by atoms with Crippen molar-refractivity contribution in [3.63, 3.8) is 0 Å². The Labute approximate surface area is 113 Å². The van der Waals surface area contributed by atoms with Crippen molar-refractivity contribution >= 4 is 11.5 Å². The molecule has 20 heavy (non-hydrogen) atoms. The molecule has 0 aliphatic rings. The smallest absolute Gasteiger partial charge is 0.139 e. The van der Waals surface area contributed by atoms with Crippen LogP contribution >= 0.6 is 0 Å². The first kappa shape index (κ1) is 12.6. The third-order valence-electron chi connectivity index (χ3n) is 3.09. The van der Waals surface area contributed by atoms with Crippen molar-refractivity contribution in [2.75, 3.05) is 5.73 Å². The molecule has 0 unspecified atom stereocenters. The van der Waals surface area contributed by atoms with Crippen molar-refractivity contribution < 1.29 is 13.9 Å². The molecule has 0 aliphatic carbocycles. The zero-order chi connectivity index (χ0) is 14.3. The molecule has 0 amide bonds. The SMILES string of the molecule is Nc1c(-c2cc(F)ccc2F)nc2cc(CO)ccn12. The van der Waals surface area contributed by atoms with E-state index in [0.717, 1.165) is 18.2 Å². The molecule has 102 valence electrons. The monoisotopic (exact) mass is 275 g/mol. The van der Waals surface area contributed by atoms with Crippen LogP contribution in [0, 0.1) is 11.6 Å². The van der Waals surface area contributed by atoms with E-state index in [2.05, 4.69) is 4.98 Å². The highest BCUT2D eigenvalue weighted by molar-refractivity contribution is 5.75. The van der Waals surface area contributed by atoms with E-state index in [-0.39, 0.29) is 23.7 Å². The molecule has 2 heterocycles. The fourth-order valence-electron chi connectivity index (χ4n) is 2.08. The first-order valence-electron chi connectivity index (χ1n) is 5.93. The first-order valence-corrected chi connectivity index (χ1v) is 5.93. The van der Waals surface area contributed by atoms with Gasteiger partial charge in [-0.05, 0) is 35.9 Å². The maximum Gasteiger partial charge on any atom is 0.139 e. The van der Waals surface area contributed by atoms with Crippen LogP contribution in [0.5, 0.6) is 0 Å². The van der Waals surface area contributed by atoms with Gasteiger partial charge in [0, 0.05) is 11.8 Å². The number of pyridine rings is 1. The molecule has 0 bridgehead atoms. The number of fused-ring (bicyclic) bond motifs is 1. The summed E-state index contributed by atoms with van der Waals surface area (Å²) in [6.07, 6.45) is 1.63. The molecule has 0 saturated heterocycles. The van der Waals surface area contributed by atoms with E-state index in [1.54, 1.807) is 22.7 Å². The van der Waals surface area contributed by atoms with Gasteiger partial charge in [-0.2, -0.15) is 0 Å². The summed E-state index contributed by atoms with van der Waals surface area (Å²) in [4.78, 5) is 4.21. The molecule has 0 radical (unpaired) electrons. The van der Waals surface area contributed by atoms with Gasteiger partial charge in [0.05, 0.1) is 6.61 Å². The summed E-state index contributed by atoms with van der Waals surface area (Å²) in [5.41, 5.74) is 7.25. The normalized spacial score (nSPS) is 11.2. The minimum atomic E-state index is -0.594. The molecule has 0 saturated carbocycles. The summed E-state index contributed by atoms with van der Waals surface area (Å²) in [5, 5.41) is 9.09. The summed E-state index contributed by atoms with van der Waals surface area (Å²) in [7, 11) is 0.